The zero-order chi connectivity index (χ0) is 8.10. The number of hydrogen-bond donors (Lipinski definition) is 1. The fourth-order valence-electron chi connectivity index (χ4n) is 0.790. The van der Waals surface area contributed by atoms with Crippen molar-refractivity contribution < 1.29 is 4.79 Å². The zero-order valence-electron chi connectivity index (χ0n) is 6.58. The Morgan fingerprint density at radius 3 is 3.00 bits per heavy atom. The topological polar surface area (TPSA) is 32.3 Å². The summed E-state index contributed by atoms with van der Waals surface area (Å²) in [6.45, 7) is 2.58. The van der Waals surface area contributed by atoms with E-state index in [1.54, 1.807) is 5.01 Å². The zero-order valence-corrected chi connectivity index (χ0v) is 6.58. The third kappa shape index (κ3) is 2.45. The maximum atomic E-state index is 10.9. The molecule has 11 heavy (non-hydrogen) atoms. The molecule has 1 aliphatic rings. The highest BCUT2D eigenvalue weighted by Gasteiger charge is 2.01. The number of amides is 1. The van der Waals surface area contributed by atoms with Crippen molar-refractivity contribution in [2.45, 2.75) is 13.3 Å². The van der Waals surface area contributed by atoms with Crippen molar-refractivity contribution in [1.29, 1.82) is 0 Å². The Hall–Kier alpha value is -1.25. The van der Waals surface area contributed by atoms with Gasteiger partial charge in [0.25, 0.3) is 0 Å². The van der Waals surface area contributed by atoms with Crippen LogP contribution in [0.1, 0.15) is 13.3 Å². The van der Waals surface area contributed by atoms with Gasteiger partial charge in [-0.15, -0.1) is 0 Å². The summed E-state index contributed by atoms with van der Waals surface area (Å²) >= 11 is 0. The number of allylic oxidation sites excluding steroid dienone is 2. The normalized spacial score (nSPS) is 15.2. The molecular weight excluding hydrogens is 140 g/mol. The van der Waals surface area contributed by atoms with E-state index >= 15 is 0 Å². The number of nitrogens with zero attached hydrogens (tertiary/aromatic N) is 1. The SMILES string of the molecule is CCC(=O)NN1C=CC=CC1. The largest absolute Gasteiger partial charge is 0.289 e. The molecule has 3 heteroatoms. The number of rotatable bonds is 2. The molecule has 0 fully saturated rings. The predicted octanol–water partition coefficient (Wildman–Crippen LogP) is 0.813. The summed E-state index contributed by atoms with van der Waals surface area (Å²) in [5.74, 6) is 0.0463. The monoisotopic (exact) mass is 152 g/mol. The molecule has 0 spiro atoms. The Labute approximate surface area is 66.4 Å². The number of hydrazine groups is 1. The molecule has 1 amide bonds. The van der Waals surface area contributed by atoms with Crippen molar-refractivity contribution in [2.75, 3.05) is 6.54 Å². The molecule has 0 aromatic heterocycles. The van der Waals surface area contributed by atoms with Gasteiger partial charge >= 0.3 is 0 Å². The summed E-state index contributed by atoms with van der Waals surface area (Å²) < 4.78 is 0. The van der Waals surface area contributed by atoms with E-state index in [1.165, 1.54) is 0 Å². The quantitative estimate of drug-likeness (QED) is 0.635. The molecule has 0 aliphatic carbocycles. The summed E-state index contributed by atoms with van der Waals surface area (Å²) in [6, 6.07) is 0. The average Bonchev–Trinajstić information content (AvgIpc) is 2.06. The fourth-order valence-corrected chi connectivity index (χ4v) is 0.790. The average molecular weight is 152 g/mol. The molecule has 1 rings (SSSR count). The van der Waals surface area contributed by atoms with Crippen LogP contribution < -0.4 is 5.43 Å². The first-order valence-corrected chi connectivity index (χ1v) is 3.72. The van der Waals surface area contributed by atoms with Crippen LogP contribution in [0.25, 0.3) is 0 Å². The molecule has 3 nitrogen and oxygen atoms in total. The first kappa shape index (κ1) is 7.85. The Kier molecular flexibility index (Phi) is 2.72. The molecule has 0 saturated carbocycles. The molecule has 0 aromatic carbocycles. The van der Waals surface area contributed by atoms with Gasteiger partial charge < -0.3 is 0 Å². The highest BCUT2D eigenvalue weighted by atomic mass is 16.2. The number of carbonyl (C=O) groups excluding carboxylic acids is 1. The molecular formula is C8H12N2O. The van der Waals surface area contributed by atoms with Crippen LogP contribution in [0, 0.1) is 0 Å². The third-order valence-corrected chi connectivity index (χ3v) is 1.40. The van der Waals surface area contributed by atoms with Crippen molar-refractivity contribution in [2.24, 2.45) is 0 Å². The number of hydrogen-bond acceptors (Lipinski definition) is 2. The van der Waals surface area contributed by atoms with Crippen molar-refractivity contribution in [3.8, 4) is 0 Å². The lowest BCUT2D eigenvalue weighted by molar-refractivity contribution is -0.124. The lowest BCUT2D eigenvalue weighted by atomic mass is 10.4. The Morgan fingerprint density at radius 1 is 1.64 bits per heavy atom. The van der Waals surface area contributed by atoms with Crippen LogP contribution in [0.15, 0.2) is 24.4 Å². The van der Waals surface area contributed by atoms with E-state index in [0.29, 0.717) is 6.42 Å². The molecule has 0 saturated heterocycles. The van der Waals surface area contributed by atoms with Crippen molar-refractivity contribution in [3.05, 3.63) is 24.4 Å². The van der Waals surface area contributed by atoms with Gasteiger partial charge in [-0.25, -0.2) is 0 Å². The summed E-state index contributed by atoms with van der Waals surface area (Å²) in [4.78, 5) is 10.9. The predicted molar refractivity (Wildman–Crippen MR) is 43.4 cm³/mol. The highest BCUT2D eigenvalue weighted by Crippen LogP contribution is 1.94. The van der Waals surface area contributed by atoms with E-state index in [9.17, 15) is 4.79 Å². The van der Waals surface area contributed by atoms with Gasteiger partial charge in [-0.1, -0.05) is 19.1 Å². The Bertz CT molecular complexity index is 196. The van der Waals surface area contributed by atoms with Crippen molar-refractivity contribution in [3.63, 3.8) is 0 Å². The maximum Gasteiger partial charge on any atom is 0.238 e. The Balaban J connectivity index is 2.33. The number of nitrogens with one attached hydrogen (secondary N) is 1. The van der Waals surface area contributed by atoms with Gasteiger partial charge in [-0.3, -0.25) is 15.2 Å². The summed E-state index contributed by atoms with van der Waals surface area (Å²) in [7, 11) is 0. The molecule has 1 N–H and O–H groups in total. The summed E-state index contributed by atoms with van der Waals surface area (Å²) in [5.41, 5.74) is 2.72. The van der Waals surface area contributed by atoms with Gasteiger partial charge in [0.2, 0.25) is 5.91 Å². The first-order valence-electron chi connectivity index (χ1n) is 3.72. The number of carbonyl (C=O) groups is 1. The van der Waals surface area contributed by atoms with Crippen LogP contribution in [0.2, 0.25) is 0 Å². The second-order valence-electron chi connectivity index (χ2n) is 2.31. The second kappa shape index (κ2) is 3.81. The molecule has 1 heterocycles. The highest BCUT2D eigenvalue weighted by molar-refractivity contribution is 5.75. The van der Waals surface area contributed by atoms with Gasteiger partial charge in [0.05, 0.1) is 6.54 Å². The molecule has 0 bridgehead atoms. The standard InChI is InChI=1S/C8H12N2O/c1-2-8(11)9-10-6-4-3-5-7-10/h3-6H,2,7H2,1H3,(H,9,11). The smallest absolute Gasteiger partial charge is 0.238 e. The van der Waals surface area contributed by atoms with E-state index in [2.05, 4.69) is 5.43 Å². The van der Waals surface area contributed by atoms with E-state index in [0.717, 1.165) is 6.54 Å². The molecule has 1 aliphatic heterocycles. The van der Waals surface area contributed by atoms with Crippen LogP contribution in [0.3, 0.4) is 0 Å². The lowest BCUT2D eigenvalue weighted by Gasteiger charge is -2.20. The minimum atomic E-state index is 0.0463. The summed E-state index contributed by atoms with van der Waals surface area (Å²) in [5, 5.41) is 1.76. The Morgan fingerprint density at radius 2 is 2.45 bits per heavy atom. The molecule has 0 atom stereocenters. The minimum absolute atomic E-state index is 0.0463. The fraction of sp³-hybridized carbons (Fsp3) is 0.375. The van der Waals surface area contributed by atoms with Gasteiger partial charge in [-0.05, 0) is 6.08 Å². The molecule has 0 radical (unpaired) electrons. The lowest BCUT2D eigenvalue weighted by Crippen LogP contribution is -2.38. The van der Waals surface area contributed by atoms with Crippen molar-refractivity contribution in [1.82, 2.24) is 10.4 Å². The molecule has 0 unspecified atom stereocenters. The van der Waals surface area contributed by atoms with Crippen LogP contribution in [0.4, 0.5) is 0 Å². The molecule has 0 aromatic rings. The van der Waals surface area contributed by atoms with Gasteiger partial charge in [0, 0.05) is 12.6 Å². The first-order chi connectivity index (χ1) is 5.33. The van der Waals surface area contributed by atoms with E-state index in [4.69, 9.17) is 0 Å². The van der Waals surface area contributed by atoms with Crippen molar-refractivity contribution >= 4 is 5.91 Å². The van der Waals surface area contributed by atoms with E-state index < -0.39 is 0 Å². The molecule has 60 valence electrons. The minimum Gasteiger partial charge on any atom is -0.289 e. The van der Waals surface area contributed by atoms with Crippen LogP contribution in [-0.2, 0) is 4.79 Å². The third-order valence-electron chi connectivity index (χ3n) is 1.40. The van der Waals surface area contributed by atoms with E-state index in [1.807, 2.05) is 31.4 Å². The van der Waals surface area contributed by atoms with E-state index in [-0.39, 0.29) is 5.91 Å². The van der Waals surface area contributed by atoms with Gasteiger partial charge in [0.1, 0.15) is 0 Å². The van der Waals surface area contributed by atoms with Gasteiger partial charge in [0.15, 0.2) is 0 Å². The van der Waals surface area contributed by atoms with Crippen LogP contribution in [0.5, 0.6) is 0 Å². The second-order valence-corrected chi connectivity index (χ2v) is 2.31. The summed E-state index contributed by atoms with van der Waals surface area (Å²) in [6.07, 6.45) is 8.19. The van der Waals surface area contributed by atoms with Crippen LogP contribution >= 0.6 is 0 Å². The maximum absolute atomic E-state index is 10.9. The van der Waals surface area contributed by atoms with Crippen LogP contribution in [-0.4, -0.2) is 17.5 Å². The van der Waals surface area contributed by atoms with Gasteiger partial charge in [-0.2, -0.15) is 0 Å².